The number of carbonyl (C=O) groups excluding carboxylic acids is 1. The minimum atomic E-state index is -0.281. The standard InChI is InChI=1S/C18H24N4O2S/c1-4-22-16(13-10-11-13)20-21-18(22)25-12(3)17(23)19-14-8-6-7-9-15(14)24-5-2/h6-9,12-13H,4-5,10-11H2,1-3H3,(H,19,23)/t12-/m0/s1. The molecular formula is C18H24N4O2S. The van der Waals surface area contributed by atoms with Crippen molar-refractivity contribution >= 4 is 23.4 Å². The molecule has 2 aromatic rings. The predicted molar refractivity (Wildman–Crippen MR) is 99.2 cm³/mol. The lowest BCUT2D eigenvalue weighted by Crippen LogP contribution is -2.23. The highest BCUT2D eigenvalue weighted by Crippen LogP contribution is 2.40. The molecule has 1 N–H and O–H groups in total. The maximum atomic E-state index is 12.6. The molecule has 0 bridgehead atoms. The van der Waals surface area contributed by atoms with E-state index in [-0.39, 0.29) is 11.2 Å². The number of nitrogens with zero attached hydrogens (tertiary/aromatic N) is 3. The molecule has 3 rings (SSSR count). The number of benzene rings is 1. The molecule has 1 aromatic carbocycles. The van der Waals surface area contributed by atoms with Crippen molar-refractivity contribution in [2.75, 3.05) is 11.9 Å². The van der Waals surface area contributed by atoms with Crippen LogP contribution in [0.1, 0.15) is 45.4 Å². The summed E-state index contributed by atoms with van der Waals surface area (Å²) >= 11 is 1.44. The van der Waals surface area contributed by atoms with Crippen LogP contribution in [0.4, 0.5) is 5.69 Å². The van der Waals surface area contributed by atoms with E-state index in [9.17, 15) is 4.79 Å². The monoisotopic (exact) mass is 360 g/mol. The van der Waals surface area contributed by atoms with Crippen molar-refractivity contribution in [1.82, 2.24) is 14.8 Å². The number of thioether (sulfide) groups is 1. The highest BCUT2D eigenvalue weighted by atomic mass is 32.2. The highest BCUT2D eigenvalue weighted by Gasteiger charge is 2.30. The molecule has 1 aromatic heterocycles. The van der Waals surface area contributed by atoms with E-state index < -0.39 is 0 Å². The summed E-state index contributed by atoms with van der Waals surface area (Å²) in [5, 5.41) is 12.1. The molecule has 1 aliphatic rings. The predicted octanol–water partition coefficient (Wildman–Crippen LogP) is 3.69. The molecule has 1 heterocycles. The van der Waals surface area contributed by atoms with Gasteiger partial charge in [0, 0.05) is 12.5 Å². The number of anilines is 1. The lowest BCUT2D eigenvalue weighted by Gasteiger charge is -2.15. The second kappa shape index (κ2) is 7.91. The molecule has 0 aliphatic heterocycles. The Labute approximate surface area is 152 Å². The maximum Gasteiger partial charge on any atom is 0.237 e. The Bertz CT molecular complexity index is 742. The molecule has 0 saturated heterocycles. The molecule has 0 spiro atoms. The first-order valence-corrected chi connectivity index (χ1v) is 9.64. The number of hydrogen-bond donors (Lipinski definition) is 1. The number of ether oxygens (including phenoxy) is 1. The minimum Gasteiger partial charge on any atom is -0.492 e. The van der Waals surface area contributed by atoms with Crippen molar-refractivity contribution in [1.29, 1.82) is 0 Å². The van der Waals surface area contributed by atoms with Crippen LogP contribution in [0.2, 0.25) is 0 Å². The van der Waals surface area contributed by atoms with E-state index in [0.717, 1.165) is 17.5 Å². The smallest absolute Gasteiger partial charge is 0.237 e. The van der Waals surface area contributed by atoms with Crippen molar-refractivity contribution < 1.29 is 9.53 Å². The average molecular weight is 360 g/mol. The molecule has 7 heteroatoms. The summed E-state index contributed by atoms with van der Waals surface area (Å²) in [5.41, 5.74) is 0.692. The van der Waals surface area contributed by atoms with Gasteiger partial charge in [0.05, 0.1) is 17.5 Å². The zero-order valence-corrected chi connectivity index (χ0v) is 15.7. The summed E-state index contributed by atoms with van der Waals surface area (Å²) in [7, 11) is 0. The fourth-order valence-corrected chi connectivity index (χ4v) is 3.55. The van der Waals surface area contributed by atoms with Crippen LogP contribution in [0.5, 0.6) is 5.75 Å². The third-order valence-electron chi connectivity index (χ3n) is 4.10. The molecule has 0 unspecified atom stereocenters. The Morgan fingerprint density at radius 1 is 1.36 bits per heavy atom. The highest BCUT2D eigenvalue weighted by molar-refractivity contribution is 8.00. The number of nitrogens with one attached hydrogen (secondary N) is 1. The first-order chi connectivity index (χ1) is 12.1. The zero-order chi connectivity index (χ0) is 17.8. The van der Waals surface area contributed by atoms with Crippen molar-refractivity contribution in [2.24, 2.45) is 0 Å². The average Bonchev–Trinajstić information content (AvgIpc) is 3.38. The van der Waals surface area contributed by atoms with Gasteiger partial charge in [-0.2, -0.15) is 0 Å². The Morgan fingerprint density at radius 2 is 2.12 bits per heavy atom. The lowest BCUT2D eigenvalue weighted by atomic mass is 10.3. The molecule has 25 heavy (non-hydrogen) atoms. The fraction of sp³-hybridized carbons (Fsp3) is 0.500. The second-order valence-corrected chi connectivity index (χ2v) is 7.35. The first kappa shape index (κ1) is 17.8. The fourth-order valence-electron chi connectivity index (χ4n) is 2.63. The van der Waals surface area contributed by atoms with E-state index in [0.29, 0.717) is 24.0 Å². The number of para-hydroxylation sites is 2. The van der Waals surface area contributed by atoms with Crippen LogP contribution >= 0.6 is 11.8 Å². The largest absolute Gasteiger partial charge is 0.492 e. The van der Waals surface area contributed by atoms with Crippen LogP contribution in [0.3, 0.4) is 0 Å². The summed E-state index contributed by atoms with van der Waals surface area (Å²) < 4.78 is 7.69. The SMILES string of the molecule is CCOc1ccccc1NC(=O)[C@H](C)Sc1nnc(C2CC2)n1CC. The second-order valence-electron chi connectivity index (χ2n) is 6.04. The van der Waals surface area contributed by atoms with Crippen LogP contribution in [-0.2, 0) is 11.3 Å². The quantitative estimate of drug-likeness (QED) is 0.727. The van der Waals surface area contributed by atoms with E-state index in [1.165, 1.54) is 24.6 Å². The van der Waals surface area contributed by atoms with Gasteiger partial charge < -0.3 is 14.6 Å². The number of carbonyl (C=O) groups is 1. The number of amides is 1. The summed E-state index contributed by atoms with van der Waals surface area (Å²) in [5.74, 6) is 2.21. The normalized spacial score (nSPS) is 15.0. The Balaban J connectivity index is 1.67. The van der Waals surface area contributed by atoms with Gasteiger partial charge in [-0.3, -0.25) is 4.79 Å². The van der Waals surface area contributed by atoms with Gasteiger partial charge in [-0.1, -0.05) is 23.9 Å². The first-order valence-electron chi connectivity index (χ1n) is 8.76. The Hall–Kier alpha value is -2.02. The molecule has 1 fully saturated rings. The number of aromatic nitrogens is 3. The molecular weight excluding hydrogens is 336 g/mol. The van der Waals surface area contributed by atoms with E-state index in [2.05, 4.69) is 27.0 Å². The van der Waals surface area contributed by atoms with Gasteiger partial charge >= 0.3 is 0 Å². The molecule has 1 aliphatic carbocycles. The zero-order valence-electron chi connectivity index (χ0n) is 14.9. The Morgan fingerprint density at radius 3 is 2.80 bits per heavy atom. The van der Waals surface area contributed by atoms with Crippen LogP contribution in [0, 0.1) is 0 Å². The molecule has 134 valence electrons. The third-order valence-corrected chi connectivity index (χ3v) is 5.18. The van der Waals surface area contributed by atoms with E-state index in [4.69, 9.17) is 4.74 Å². The number of rotatable bonds is 8. The van der Waals surface area contributed by atoms with Crippen molar-refractivity contribution in [3.63, 3.8) is 0 Å². The van der Waals surface area contributed by atoms with Gasteiger partial charge in [0.25, 0.3) is 0 Å². The van der Waals surface area contributed by atoms with Gasteiger partial charge in [-0.15, -0.1) is 10.2 Å². The van der Waals surface area contributed by atoms with Crippen molar-refractivity contribution in [3.8, 4) is 5.75 Å². The molecule has 1 saturated carbocycles. The minimum absolute atomic E-state index is 0.0734. The summed E-state index contributed by atoms with van der Waals surface area (Å²) in [4.78, 5) is 12.6. The van der Waals surface area contributed by atoms with Gasteiger partial charge in [0.2, 0.25) is 5.91 Å². The van der Waals surface area contributed by atoms with Crippen molar-refractivity contribution in [2.45, 2.75) is 56.5 Å². The number of hydrogen-bond acceptors (Lipinski definition) is 5. The maximum absolute atomic E-state index is 12.6. The van der Waals surface area contributed by atoms with Gasteiger partial charge in [-0.05, 0) is 45.7 Å². The molecule has 1 amide bonds. The summed E-state index contributed by atoms with van der Waals surface area (Å²) in [6.45, 7) is 7.27. The van der Waals surface area contributed by atoms with Gasteiger partial charge in [-0.25, -0.2) is 0 Å². The van der Waals surface area contributed by atoms with Gasteiger partial charge in [0.15, 0.2) is 5.16 Å². The van der Waals surface area contributed by atoms with Crippen LogP contribution in [0.25, 0.3) is 0 Å². The topological polar surface area (TPSA) is 69.0 Å². The summed E-state index contributed by atoms with van der Waals surface area (Å²) in [6, 6.07) is 7.47. The van der Waals surface area contributed by atoms with E-state index in [1.54, 1.807) is 0 Å². The van der Waals surface area contributed by atoms with Crippen LogP contribution in [0.15, 0.2) is 29.4 Å². The van der Waals surface area contributed by atoms with Gasteiger partial charge in [0.1, 0.15) is 11.6 Å². The van der Waals surface area contributed by atoms with Crippen LogP contribution < -0.4 is 10.1 Å². The van der Waals surface area contributed by atoms with Crippen LogP contribution in [-0.4, -0.2) is 32.5 Å². The lowest BCUT2D eigenvalue weighted by molar-refractivity contribution is -0.115. The molecule has 6 nitrogen and oxygen atoms in total. The molecule has 1 atom stereocenters. The van der Waals surface area contributed by atoms with Crippen molar-refractivity contribution in [3.05, 3.63) is 30.1 Å². The third kappa shape index (κ3) is 4.15. The summed E-state index contributed by atoms with van der Waals surface area (Å²) in [6.07, 6.45) is 2.38. The van der Waals surface area contributed by atoms with E-state index in [1.807, 2.05) is 38.1 Å². The Kier molecular flexibility index (Phi) is 5.63. The van der Waals surface area contributed by atoms with E-state index >= 15 is 0 Å². The molecule has 0 radical (unpaired) electrons.